The monoisotopic (exact) mass is 442 g/mol. The summed E-state index contributed by atoms with van der Waals surface area (Å²) in [6.07, 6.45) is 15.9. The Labute approximate surface area is 198 Å². The summed E-state index contributed by atoms with van der Waals surface area (Å²) in [6, 6.07) is 0. The van der Waals surface area contributed by atoms with Gasteiger partial charge in [-0.05, 0) is 104 Å². The summed E-state index contributed by atoms with van der Waals surface area (Å²) in [7, 11) is 0. The van der Waals surface area contributed by atoms with Crippen LogP contribution in [0.25, 0.3) is 0 Å². The van der Waals surface area contributed by atoms with Crippen molar-refractivity contribution in [2.45, 2.75) is 119 Å². The maximum Gasteiger partial charge on any atom is 0.302 e. The van der Waals surface area contributed by atoms with Crippen LogP contribution in [-0.2, 0) is 9.53 Å². The van der Waals surface area contributed by atoms with E-state index in [4.69, 9.17) is 4.74 Å². The van der Waals surface area contributed by atoms with Gasteiger partial charge in [0, 0.05) is 6.92 Å². The first-order chi connectivity index (χ1) is 15.1. The van der Waals surface area contributed by atoms with Crippen molar-refractivity contribution in [3.8, 4) is 0 Å². The van der Waals surface area contributed by atoms with E-state index < -0.39 is 0 Å². The third kappa shape index (κ3) is 4.22. The van der Waals surface area contributed by atoms with Gasteiger partial charge in [0.15, 0.2) is 0 Å². The molecule has 0 aliphatic heterocycles. The van der Waals surface area contributed by atoms with Gasteiger partial charge in [0.1, 0.15) is 6.10 Å². The third-order valence-corrected chi connectivity index (χ3v) is 11.3. The Kier molecular flexibility index (Phi) is 6.92. The number of esters is 1. The Morgan fingerprint density at radius 2 is 1.81 bits per heavy atom. The van der Waals surface area contributed by atoms with Gasteiger partial charge in [-0.15, -0.1) is 0 Å². The lowest BCUT2D eigenvalue weighted by molar-refractivity contribution is -0.151. The fourth-order valence-corrected chi connectivity index (χ4v) is 8.86. The summed E-state index contributed by atoms with van der Waals surface area (Å²) in [4.78, 5) is 11.5. The molecular weight excluding hydrogens is 392 g/mol. The van der Waals surface area contributed by atoms with E-state index in [9.17, 15) is 4.79 Å². The molecule has 0 aromatic heterocycles. The van der Waals surface area contributed by atoms with Crippen LogP contribution in [0.3, 0.4) is 0 Å². The van der Waals surface area contributed by atoms with Crippen molar-refractivity contribution in [2.24, 2.45) is 52.3 Å². The summed E-state index contributed by atoms with van der Waals surface area (Å²) >= 11 is 0. The molecule has 4 rings (SSSR count). The van der Waals surface area contributed by atoms with Crippen molar-refractivity contribution in [1.29, 1.82) is 0 Å². The molecule has 0 unspecified atom stereocenters. The number of ether oxygens (including phenoxy) is 1. The molecule has 32 heavy (non-hydrogen) atoms. The van der Waals surface area contributed by atoms with Crippen LogP contribution in [0, 0.1) is 52.3 Å². The number of hydrogen-bond acceptors (Lipinski definition) is 2. The third-order valence-electron chi connectivity index (χ3n) is 11.3. The number of rotatable bonds is 6. The second-order valence-corrected chi connectivity index (χ2v) is 13.2. The quantitative estimate of drug-likeness (QED) is 0.306. The smallest absolute Gasteiger partial charge is 0.302 e. The predicted molar refractivity (Wildman–Crippen MR) is 133 cm³/mol. The average molecular weight is 443 g/mol. The molecule has 0 aromatic carbocycles. The lowest BCUT2D eigenvalue weighted by Crippen LogP contribution is -2.49. The maximum absolute atomic E-state index is 11.5. The lowest BCUT2D eigenvalue weighted by atomic mass is 9.48. The fraction of sp³-hybridized carbons (Fsp3) is 0.900. The molecule has 2 nitrogen and oxygen atoms in total. The zero-order valence-corrected chi connectivity index (χ0v) is 22.1. The summed E-state index contributed by atoms with van der Waals surface area (Å²) in [5.41, 5.74) is 2.67. The molecule has 2 heteroatoms. The first-order valence-corrected chi connectivity index (χ1v) is 13.9. The first-order valence-electron chi connectivity index (χ1n) is 13.9. The zero-order valence-electron chi connectivity index (χ0n) is 22.1. The molecule has 0 saturated heterocycles. The van der Waals surface area contributed by atoms with Crippen LogP contribution in [0.15, 0.2) is 11.6 Å². The lowest BCUT2D eigenvalue weighted by Gasteiger charge is -2.57. The molecule has 3 saturated carbocycles. The highest BCUT2D eigenvalue weighted by molar-refractivity contribution is 5.66. The summed E-state index contributed by atoms with van der Waals surface area (Å²) in [6.45, 7) is 16.6. The number of allylic oxidation sites excluding steroid dienone is 2. The van der Waals surface area contributed by atoms with Crippen LogP contribution in [0.5, 0.6) is 0 Å². The van der Waals surface area contributed by atoms with Gasteiger partial charge in [0.05, 0.1) is 0 Å². The minimum Gasteiger partial charge on any atom is -0.463 e. The highest BCUT2D eigenvalue weighted by Crippen LogP contribution is 2.66. The van der Waals surface area contributed by atoms with E-state index in [0.29, 0.717) is 16.7 Å². The Morgan fingerprint density at radius 1 is 1.06 bits per heavy atom. The van der Waals surface area contributed by atoms with Crippen LogP contribution in [0.1, 0.15) is 113 Å². The Bertz CT molecular complexity index is 722. The van der Waals surface area contributed by atoms with E-state index in [0.717, 1.165) is 48.3 Å². The van der Waals surface area contributed by atoms with Gasteiger partial charge < -0.3 is 4.74 Å². The zero-order chi connectivity index (χ0) is 23.3. The van der Waals surface area contributed by atoms with Gasteiger partial charge in [0.25, 0.3) is 0 Å². The molecule has 4 aliphatic carbocycles. The van der Waals surface area contributed by atoms with Gasteiger partial charge >= 0.3 is 5.97 Å². The highest BCUT2D eigenvalue weighted by atomic mass is 16.5. The number of carbonyl (C=O) groups excluding carboxylic acids is 1. The van der Waals surface area contributed by atoms with Crippen LogP contribution < -0.4 is 0 Å². The van der Waals surface area contributed by atoms with Crippen molar-refractivity contribution in [3.63, 3.8) is 0 Å². The minimum absolute atomic E-state index is 0.103. The molecule has 4 aliphatic rings. The van der Waals surface area contributed by atoms with Gasteiger partial charge in [-0.1, -0.05) is 66.0 Å². The minimum atomic E-state index is -0.103. The van der Waals surface area contributed by atoms with Gasteiger partial charge in [0.2, 0.25) is 0 Å². The standard InChI is InChI=1S/C30H50O2/c1-19(2)20(3)8-9-21(4)26-12-13-27-25-11-10-23-18-24(32-22(5)31)14-16-29(23,6)28(25)15-17-30(26,27)7/h15,19-21,23-27H,8-14,16-18H2,1-7H3/t20-,21+,23-,24+,25+,26-,27-,29-,30+/m0/s1. The largest absolute Gasteiger partial charge is 0.463 e. The Hall–Kier alpha value is -0.790. The van der Waals surface area contributed by atoms with Crippen molar-refractivity contribution in [1.82, 2.24) is 0 Å². The molecule has 0 aromatic rings. The second kappa shape index (κ2) is 9.10. The molecule has 0 heterocycles. The van der Waals surface area contributed by atoms with E-state index in [1.807, 2.05) is 5.57 Å². The Balaban J connectivity index is 1.48. The van der Waals surface area contributed by atoms with Crippen molar-refractivity contribution < 1.29 is 9.53 Å². The average Bonchev–Trinajstić information content (AvgIpc) is 3.08. The summed E-state index contributed by atoms with van der Waals surface area (Å²) < 4.78 is 5.64. The molecular formula is C30H50O2. The molecule has 0 N–H and O–H groups in total. The van der Waals surface area contributed by atoms with E-state index >= 15 is 0 Å². The maximum atomic E-state index is 11.5. The SMILES string of the molecule is CC(=O)O[C@@H]1CC[C@]2(C)C3=CC[C@]4(C)[C@H]([C@H](C)CC[C@H](C)C(C)C)CC[C@H]4[C@H]3CC[C@H]2C1. The molecule has 3 fully saturated rings. The summed E-state index contributed by atoms with van der Waals surface area (Å²) in [5.74, 6) is 5.70. The van der Waals surface area contributed by atoms with Crippen molar-refractivity contribution in [3.05, 3.63) is 11.6 Å². The van der Waals surface area contributed by atoms with E-state index in [2.05, 4.69) is 47.6 Å². The van der Waals surface area contributed by atoms with Gasteiger partial charge in [-0.2, -0.15) is 0 Å². The van der Waals surface area contributed by atoms with Crippen molar-refractivity contribution in [2.75, 3.05) is 0 Å². The van der Waals surface area contributed by atoms with Crippen LogP contribution in [0.4, 0.5) is 0 Å². The first kappa shape index (κ1) is 24.3. The molecule has 0 bridgehead atoms. The predicted octanol–water partition coefficient (Wildman–Crippen LogP) is 8.21. The topological polar surface area (TPSA) is 26.3 Å². The van der Waals surface area contributed by atoms with Crippen LogP contribution in [0.2, 0.25) is 0 Å². The molecule has 9 atom stereocenters. The second-order valence-electron chi connectivity index (χ2n) is 13.2. The molecule has 182 valence electrons. The fourth-order valence-electron chi connectivity index (χ4n) is 8.86. The Morgan fingerprint density at radius 3 is 2.50 bits per heavy atom. The normalized spacial score (nSPS) is 43.0. The molecule has 0 amide bonds. The van der Waals surface area contributed by atoms with Crippen LogP contribution in [-0.4, -0.2) is 12.1 Å². The van der Waals surface area contributed by atoms with Crippen molar-refractivity contribution >= 4 is 5.97 Å². The number of hydrogen-bond donors (Lipinski definition) is 0. The molecule has 0 radical (unpaired) electrons. The molecule has 0 spiro atoms. The highest BCUT2D eigenvalue weighted by Gasteiger charge is 2.57. The van der Waals surface area contributed by atoms with E-state index in [1.54, 1.807) is 6.92 Å². The summed E-state index contributed by atoms with van der Waals surface area (Å²) in [5, 5.41) is 0. The number of carbonyl (C=O) groups is 1. The van der Waals surface area contributed by atoms with Gasteiger partial charge in [-0.25, -0.2) is 0 Å². The van der Waals surface area contributed by atoms with E-state index in [-0.39, 0.29) is 12.1 Å². The number of fused-ring (bicyclic) bond motifs is 5. The van der Waals surface area contributed by atoms with Crippen LogP contribution >= 0.6 is 0 Å². The van der Waals surface area contributed by atoms with Gasteiger partial charge in [-0.3, -0.25) is 4.79 Å². The van der Waals surface area contributed by atoms with E-state index in [1.165, 1.54) is 51.4 Å².